The maximum absolute atomic E-state index is 12.1. The molecular weight excluding hydrogens is 200 g/mol. The third kappa shape index (κ3) is 2.40. The van der Waals surface area contributed by atoms with Crippen LogP contribution in [0.2, 0.25) is 0 Å². The van der Waals surface area contributed by atoms with E-state index in [2.05, 4.69) is 10.6 Å². The van der Waals surface area contributed by atoms with E-state index in [9.17, 15) is 4.79 Å². The number of hydrogen-bond acceptors (Lipinski definition) is 2. The maximum Gasteiger partial charge on any atom is 0.237 e. The summed E-state index contributed by atoms with van der Waals surface area (Å²) in [6, 6.07) is 0.602. The maximum atomic E-state index is 12.1. The van der Waals surface area contributed by atoms with Gasteiger partial charge in [-0.1, -0.05) is 6.42 Å². The normalized spacial score (nSPS) is 30.4. The number of nitrogens with one attached hydrogen (secondary N) is 2. The second-order valence-electron chi connectivity index (χ2n) is 5.71. The number of rotatable bonds is 4. The summed E-state index contributed by atoms with van der Waals surface area (Å²) in [5, 5.41) is 6.64. The van der Waals surface area contributed by atoms with Crippen LogP contribution in [0.15, 0.2) is 0 Å². The van der Waals surface area contributed by atoms with E-state index >= 15 is 0 Å². The second kappa shape index (κ2) is 4.36. The number of piperidine rings is 1. The smallest absolute Gasteiger partial charge is 0.237 e. The molecule has 1 aliphatic heterocycles. The Bertz CT molecular complexity index is 253. The highest BCUT2D eigenvalue weighted by atomic mass is 16.2. The highest BCUT2D eigenvalue weighted by Crippen LogP contribution is 2.44. The number of carbonyl (C=O) groups is 1. The van der Waals surface area contributed by atoms with E-state index in [1.807, 2.05) is 0 Å². The van der Waals surface area contributed by atoms with Crippen molar-refractivity contribution in [2.45, 2.75) is 57.0 Å². The first-order chi connectivity index (χ1) is 7.84. The fourth-order valence-electron chi connectivity index (χ4n) is 2.87. The van der Waals surface area contributed by atoms with Gasteiger partial charge in [-0.3, -0.25) is 4.79 Å². The lowest BCUT2D eigenvalue weighted by molar-refractivity contribution is -0.124. The zero-order chi connectivity index (χ0) is 11.0. The molecule has 2 aliphatic carbocycles. The topological polar surface area (TPSA) is 41.1 Å². The van der Waals surface area contributed by atoms with Crippen molar-refractivity contribution in [3.05, 3.63) is 0 Å². The van der Waals surface area contributed by atoms with Crippen LogP contribution in [0.25, 0.3) is 0 Å². The monoisotopic (exact) mass is 222 g/mol. The Balaban J connectivity index is 1.53. The summed E-state index contributed by atoms with van der Waals surface area (Å²) in [5.74, 6) is 1.88. The van der Waals surface area contributed by atoms with Crippen molar-refractivity contribution in [3.63, 3.8) is 0 Å². The fourth-order valence-corrected chi connectivity index (χ4v) is 2.87. The molecule has 90 valence electrons. The highest BCUT2D eigenvalue weighted by Gasteiger charge is 2.42. The zero-order valence-corrected chi connectivity index (χ0v) is 9.87. The summed E-state index contributed by atoms with van der Waals surface area (Å²) >= 11 is 0. The van der Waals surface area contributed by atoms with Crippen LogP contribution in [0.3, 0.4) is 0 Å². The van der Waals surface area contributed by atoms with Gasteiger partial charge in [0.2, 0.25) is 5.91 Å². The van der Waals surface area contributed by atoms with E-state index in [0.29, 0.717) is 6.04 Å². The van der Waals surface area contributed by atoms with Crippen molar-refractivity contribution in [1.29, 1.82) is 0 Å². The van der Waals surface area contributed by atoms with Crippen molar-refractivity contribution in [2.24, 2.45) is 11.8 Å². The van der Waals surface area contributed by atoms with Crippen molar-refractivity contribution in [2.75, 3.05) is 6.54 Å². The van der Waals surface area contributed by atoms with Gasteiger partial charge in [-0.25, -0.2) is 0 Å². The van der Waals surface area contributed by atoms with Crippen LogP contribution >= 0.6 is 0 Å². The zero-order valence-electron chi connectivity index (χ0n) is 9.87. The van der Waals surface area contributed by atoms with Crippen LogP contribution in [0.1, 0.15) is 44.9 Å². The quantitative estimate of drug-likeness (QED) is 0.755. The number of amides is 1. The molecule has 0 bridgehead atoms. The molecule has 0 unspecified atom stereocenters. The van der Waals surface area contributed by atoms with E-state index in [-0.39, 0.29) is 11.9 Å². The van der Waals surface area contributed by atoms with Crippen molar-refractivity contribution < 1.29 is 4.79 Å². The third-order valence-electron chi connectivity index (χ3n) is 4.20. The molecule has 1 heterocycles. The third-order valence-corrected chi connectivity index (χ3v) is 4.20. The molecule has 0 radical (unpaired) electrons. The molecule has 16 heavy (non-hydrogen) atoms. The average molecular weight is 222 g/mol. The Morgan fingerprint density at radius 1 is 1.06 bits per heavy atom. The van der Waals surface area contributed by atoms with E-state index < -0.39 is 0 Å². The first-order valence-electron chi connectivity index (χ1n) is 6.88. The number of carbonyl (C=O) groups excluding carboxylic acids is 1. The lowest BCUT2D eigenvalue weighted by atomic mass is 10.0. The van der Waals surface area contributed by atoms with Crippen LogP contribution in [-0.4, -0.2) is 24.5 Å². The molecule has 3 rings (SSSR count). The minimum atomic E-state index is 0.0914. The standard InChI is InChI=1S/C13H22N2O/c16-13(11-3-1-2-8-14-11)15-12(9-4-5-9)10-6-7-10/h9-12,14H,1-8H2,(H,15,16)/t11-/m0/s1. The molecule has 0 aromatic heterocycles. The van der Waals surface area contributed by atoms with E-state index in [0.717, 1.165) is 24.8 Å². The molecule has 3 fully saturated rings. The van der Waals surface area contributed by atoms with Gasteiger partial charge < -0.3 is 10.6 Å². The van der Waals surface area contributed by atoms with Crippen molar-refractivity contribution in [3.8, 4) is 0 Å². The van der Waals surface area contributed by atoms with Crippen LogP contribution in [0.4, 0.5) is 0 Å². The summed E-state index contributed by atoms with van der Waals surface area (Å²) in [7, 11) is 0. The Morgan fingerprint density at radius 2 is 1.75 bits per heavy atom. The van der Waals surface area contributed by atoms with E-state index in [1.165, 1.54) is 38.5 Å². The minimum absolute atomic E-state index is 0.0914. The summed E-state index contributed by atoms with van der Waals surface area (Å²) in [6.45, 7) is 1.01. The largest absolute Gasteiger partial charge is 0.351 e. The molecule has 3 nitrogen and oxygen atoms in total. The molecule has 2 N–H and O–H groups in total. The molecule has 1 saturated heterocycles. The van der Waals surface area contributed by atoms with Crippen LogP contribution in [-0.2, 0) is 4.79 Å². The number of hydrogen-bond donors (Lipinski definition) is 2. The van der Waals surface area contributed by atoms with Gasteiger partial charge in [0.25, 0.3) is 0 Å². The van der Waals surface area contributed by atoms with Gasteiger partial charge in [-0.2, -0.15) is 0 Å². The van der Waals surface area contributed by atoms with Crippen molar-refractivity contribution in [1.82, 2.24) is 10.6 Å². The van der Waals surface area contributed by atoms with Crippen molar-refractivity contribution >= 4 is 5.91 Å². The molecule has 0 aromatic rings. The minimum Gasteiger partial charge on any atom is -0.351 e. The predicted octanol–water partition coefficient (Wildman–Crippen LogP) is 1.43. The molecule has 3 aliphatic rings. The summed E-state index contributed by atoms with van der Waals surface area (Å²) < 4.78 is 0. The first kappa shape index (κ1) is 10.6. The van der Waals surface area contributed by atoms with Crippen LogP contribution in [0.5, 0.6) is 0 Å². The summed E-state index contributed by atoms with van der Waals surface area (Å²) in [6.07, 6.45) is 8.77. The van der Waals surface area contributed by atoms with Gasteiger partial charge in [-0.15, -0.1) is 0 Å². The lowest BCUT2D eigenvalue weighted by Crippen LogP contribution is -2.50. The van der Waals surface area contributed by atoms with Gasteiger partial charge >= 0.3 is 0 Å². The second-order valence-corrected chi connectivity index (χ2v) is 5.71. The average Bonchev–Trinajstić information content (AvgIpc) is 3.19. The SMILES string of the molecule is O=C(NC(C1CC1)C1CC1)[C@@H]1CCCCN1. The highest BCUT2D eigenvalue weighted by molar-refractivity contribution is 5.82. The van der Waals surface area contributed by atoms with E-state index in [4.69, 9.17) is 0 Å². The summed E-state index contributed by atoms with van der Waals surface area (Å²) in [4.78, 5) is 12.1. The van der Waals surface area contributed by atoms with Gasteiger partial charge in [0.1, 0.15) is 0 Å². The molecule has 1 atom stereocenters. The van der Waals surface area contributed by atoms with Crippen LogP contribution < -0.4 is 10.6 Å². The Kier molecular flexibility index (Phi) is 2.88. The van der Waals surface area contributed by atoms with Gasteiger partial charge in [0.15, 0.2) is 0 Å². The molecule has 0 spiro atoms. The molecular formula is C13H22N2O. The Hall–Kier alpha value is -0.570. The molecule has 1 amide bonds. The Morgan fingerprint density at radius 3 is 2.25 bits per heavy atom. The predicted molar refractivity (Wildman–Crippen MR) is 63.0 cm³/mol. The summed E-state index contributed by atoms with van der Waals surface area (Å²) in [5.41, 5.74) is 0. The lowest BCUT2D eigenvalue weighted by Gasteiger charge is -2.26. The first-order valence-corrected chi connectivity index (χ1v) is 6.88. The Labute approximate surface area is 97.4 Å². The molecule has 0 aromatic carbocycles. The molecule has 3 heteroatoms. The van der Waals surface area contributed by atoms with Crippen LogP contribution in [0, 0.1) is 11.8 Å². The molecule has 2 saturated carbocycles. The fraction of sp³-hybridized carbons (Fsp3) is 0.923. The van der Waals surface area contributed by atoms with E-state index in [1.54, 1.807) is 0 Å². The van der Waals surface area contributed by atoms with Gasteiger partial charge in [0, 0.05) is 6.04 Å². The van der Waals surface area contributed by atoms with Gasteiger partial charge in [0.05, 0.1) is 6.04 Å². The van der Waals surface area contributed by atoms with Gasteiger partial charge in [-0.05, 0) is 56.9 Å².